The third-order valence-electron chi connectivity index (χ3n) is 2.24. The first kappa shape index (κ1) is 12.9. The lowest BCUT2D eigenvalue weighted by Gasteiger charge is -2.15. The number of aryl methyl sites for hydroxylation is 1. The fourth-order valence-electron chi connectivity index (χ4n) is 1.31. The summed E-state index contributed by atoms with van der Waals surface area (Å²) in [6.45, 7) is 2.20. The van der Waals surface area contributed by atoms with Crippen LogP contribution in [-0.4, -0.2) is 0 Å². The summed E-state index contributed by atoms with van der Waals surface area (Å²) >= 11 is 0. The van der Waals surface area contributed by atoms with Crippen LogP contribution in [0.3, 0.4) is 0 Å². The molecule has 90 valence electrons. The highest BCUT2D eigenvalue weighted by Gasteiger charge is 2.34. The van der Waals surface area contributed by atoms with Crippen molar-refractivity contribution >= 4 is 0 Å². The van der Waals surface area contributed by atoms with Gasteiger partial charge < -0.3 is 0 Å². The summed E-state index contributed by atoms with van der Waals surface area (Å²) < 4.78 is 63.2. The molecule has 0 radical (unpaired) electrons. The Hall–Kier alpha value is -1.13. The van der Waals surface area contributed by atoms with E-state index < -0.39 is 23.2 Å². The van der Waals surface area contributed by atoms with E-state index in [0.717, 1.165) is 12.1 Å². The number of rotatable bonds is 2. The zero-order valence-corrected chi connectivity index (χ0v) is 8.83. The predicted molar refractivity (Wildman–Crippen MR) is 50.4 cm³/mol. The number of halogens is 5. The lowest BCUT2D eigenvalue weighted by molar-refractivity contribution is -0.137. The third-order valence-corrected chi connectivity index (χ3v) is 2.24. The molecule has 0 heterocycles. The van der Waals surface area contributed by atoms with E-state index in [2.05, 4.69) is 0 Å². The van der Waals surface area contributed by atoms with Gasteiger partial charge >= 0.3 is 6.18 Å². The molecule has 0 aromatic heterocycles. The number of hydrogen-bond acceptors (Lipinski definition) is 0. The minimum absolute atomic E-state index is 0.256. The molecule has 0 bridgehead atoms. The Kier molecular flexibility index (Phi) is 3.26. The molecule has 0 spiro atoms. The molecule has 0 N–H and O–H groups in total. The average Bonchev–Trinajstić information content (AvgIpc) is 2.14. The zero-order valence-electron chi connectivity index (χ0n) is 8.83. The topological polar surface area (TPSA) is 0 Å². The molecule has 0 saturated carbocycles. The standard InChI is InChI=1S/C11H11F5/c1-3-7-4-8(10(2,12)13)6-9(5-7)11(14,15)16/h4-6H,3H2,1-2H3. The molecule has 0 aliphatic heterocycles. The number of benzene rings is 1. The van der Waals surface area contributed by atoms with Gasteiger partial charge in [0.2, 0.25) is 0 Å². The summed E-state index contributed by atoms with van der Waals surface area (Å²) in [4.78, 5) is 0. The summed E-state index contributed by atoms with van der Waals surface area (Å²) in [5.74, 6) is -3.26. The van der Waals surface area contributed by atoms with Gasteiger partial charge in [-0.15, -0.1) is 0 Å². The molecule has 0 fully saturated rings. The van der Waals surface area contributed by atoms with E-state index in [1.165, 1.54) is 0 Å². The Balaban J connectivity index is 3.33. The van der Waals surface area contributed by atoms with Gasteiger partial charge in [-0.05, 0) is 30.2 Å². The molecule has 0 saturated heterocycles. The molecule has 0 aliphatic carbocycles. The summed E-state index contributed by atoms with van der Waals surface area (Å²) in [6, 6.07) is 2.50. The van der Waals surface area contributed by atoms with Crippen molar-refractivity contribution in [3.8, 4) is 0 Å². The molecule has 0 atom stereocenters. The second-order valence-corrected chi connectivity index (χ2v) is 3.66. The highest BCUT2D eigenvalue weighted by Crippen LogP contribution is 2.35. The summed E-state index contributed by atoms with van der Waals surface area (Å²) in [5, 5.41) is 0. The maximum Gasteiger partial charge on any atom is 0.416 e. The third kappa shape index (κ3) is 2.93. The van der Waals surface area contributed by atoms with Crippen LogP contribution < -0.4 is 0 Å². The maximum absolute atomic E-state index is 13.0. The van der Waals surface area contributed by atoms with E-state index in [4.69, 9.17) is 0 Å². The fourth-order valence-corrected chi connectivity index (χ4v) is 1.31. The van der Waals surface area contributed by atoms with E-state index in [1.807, 2.05) is 0 Å². The Morgan fingerprint density at radius 3 is 1.81 bits per heavy atom. The van der Waals surface area contributed by atoms with E-state index in [0.29, 0.717) is 13.0 Å². The molecule has 16 heavy (non-hydrogen) atoms. The van der Waals surface area contributed by atoms with Crippen LogP contribution >= 0.6 is 0 Å². The van der Waals surface area contributed by atoms with Crippen LogP contribution in [0.2, 0.25) is 0 Å². The minimum Gasteiger partial charge on any atom is -0.202 e. The Morgan fingerprint density at radius 1 is 0.938 bits per heavy atom. The molecule has 0 nitrogen and oxygen atoms in total. The van der Waals surface area contributed by atoms with E-state index in [9.17, 15) is 22.0 Å². The summed E-state index contributed by atoms with van der Waals surface area (Å²) in [6.07, 6.45) is -4.31. The minimum atomic E-state index is -4.59. The molecule has 5 heteroatoms. The van der Waals surface area contributed by atoms with Crippen molar-refractivity contribution in [1.82, 2.24) is 0 Å². The molecule has 0 amide bonds. The largest absolute Gasteiger partial charge is 0.416 e. The van der Waals surface area contributed by atoms with Crippen molar-refractivity contribution in [2.75, 3.05) is 0 Å². The fraction of sp³-hybridized carbons (Fsp3) is 0.455. The lowest BCUT2D eigenvalue weighted by Crippen LogP contribution is -2.12. The van der Waals surface area contributed by atoms with Gasteiger partial charge in [-0.1, -0.05) is 6.92 Å². The van der Waals surface area contributed by atoms with Gasteiger partial charge in [0.05, 0.1) is 5.56 Å². The predicted octanol–water partition coefficient (Wildman–Crippen LogP) is 4.38. The van der Waals surface area contributed by atoms with Crippen LogP contribution in [0, 0.1) is 0 Å². The van der Waals surface area contributed by atoms with Crippen LogP contribution in [0.1, 0.15) is 30.5 Å². The second kappa shape index (κ2) is 4.03. The van der Waals surface area contributed by atoms with Gasteiger partial charge in [0.25, 0.3) is 5.92 Å². The quantitative estimate of drug-likeness (QED) is 0.671. The summed E-state index contributed by atoms with van der Waals surface area (Å²) in [5.41, 5.74) is -1.37. The second-order valence-electron chi connectivity index (χ2n) is 3.66. The van der Waals surface area contributed by atoms with Gasteiger partial charge in [0.15, 0.2) is 0 Å². The molecule has 1 rings (SSSR count). The molecular weight excluding hydrogens is 227 g/mol. The smallest absolute Gasteiger partial charge is 0.202 e. The Morgan fingerprint density at radius 2 is 1.44 bits per heavy atom. The highest BCUT2D eigenvalue weighted by molar-refractivity contribution is 5.34. The molecule has 0 unspecified atom stereocenters. The van der Waals surface area contributed by atoms with Gasteiger partial charge in [0, 0.05) is 12.5 Å². The van der Waals surface area contributed by atoms with Crippen molar-refractivity contribution in [3.63, 3.8) is 0 Å². The van der Waals surface area contributed by atoms with Crippen molar-refractivity contribution in [3.05, 3.63) is 34.9 Å². The number of alkyl halides is 5. The van der Waals surface area contributed by atoms with Crippen LogP contribution in [-0.2, 0) is 18.5 Å². The van der Waals surface area contributed by atoms with Crippen molar-refractivity contribution in [2.24, 2.45) is 0 Å². The van der Waals surface area contributed by atoms with Crippen molar-refractivity contribution in [1.29, 1.82) is 0 Å². The number of hydrogen-bond donors (Lipinski definition) is 0. The van der Waals surface area contributed by atoms with Gasteiger partial charge in [-0.25, -0.2) is 8.78 Å². The van der Waals surface area contributed by atoms with Gasteiger partial charge in [-0.3, -0.25) is 0 Å². The monoisotopic (exact) mass is 238 g/mol. The Labute approximate surface area is 90.1 Å². The molecular formula is C11H11F5. The van der Waals surface area contributed by atoms with Crippen molar-refractivity contribution in [2.45, 2.75) is 32.4 Å². The first-order valence-corrected chi connectivity index (χ1v) is 4.74. The molecule has 1 aromatic carbocycles. The first-order chi connectivity index (χ1) is 7.14. The van der Waals surface area contributed by atoms with Crippen LogP contribution in [0.15, 0.2) is 18.2 Å². The zero-order chi connectivity index (χ0) is 12.6. The van der Waals surface area contributed by atoms with E-state index in [1.54, 1.807) is 6.92 Å². The lowest BCUT2D eigenvalue weighted by atomic mass is 10.0. The highest BCUT2D eigenvalue weighted by atomic mass is 19.4. The van der Waals surface area contributed by atoms with Gasteiger partial charge in [0.1, 0.15) is 0 Å². The molecule has 1 aromatic rings. The summed E-state index contributed by atoms with van der Waals surface area (Å²) in [7, 11) is 0. The SMILES string of the molecule is CCc1cc(C(C)(F)F)cc(C(F)(F)F)c1. The normalized spacial score (nSPS) is 12.9. The maximum atomic E-state index is 13.0. The van der Waals surface area contributed by atoms with Crippen LogP contribution in [0.4, 0.5) is 22.0 Å². The van der Waals surface area contributed by atoms with Crippen LogP contribution in [0.25, 0.3) is 0 Å². The average molecular weight is 238 g/mol. The van der Waals surface area contributed by atoms with E-state index in [-0.39, 0.29) is 12.0 Å². The molecule has 0 aliphatic rings. The van der Waals surface area contributed by atoms with Gasteiger partial charge in [-0.2, -0.15) is 13.2 Å². The van der Waals surface area contributed by atoms with E-state index >= 15 is 0 Å². The van der Waals surface area contributed by atoms with Crippen LogP contribution in [0.5, 0.6) is 0 Å². The Bertz CT molecular complexity index is 341. The van der Waals surface area contributed by atoms with Crippen molar-refractivity contribution < 1.29 is 22.0 Å². The first-order valence-electron chi connectivity index (χ1n) is 4.74.